The van der Waals surface area contributed by atoms with Crippen molar-refractivity contribution < 1.29 is 62.1 Å². The van der Waals surface area contributed by atoms with E-state index >= 15 is 0 Å². The van der Waals surface area contributed by atoms with E-state index < -0.39 is 23.9 Å². The Kier molecular flexibility index (Phi) is 31.0. The maximum Gasteiger partial charge on any atom is 0.337 e. The molecule has 0 radical (unpaired) electrons. The molecule has 0 saturated carbocycles. The zero-order valence-corrected chi connectivity index (χ0v) is 68.1. The van der Waals surface area contributed by atoms with Crippen molar-refractivity contribution in [1.82, 2.24) is 9.80 Å². The maximum atomic E-state index is 12.4. The van der Waals surface area contributed by atoms with Gasteiger partial charge in [0.05, 0.1) is 25.3 Å². The summed E-state index contributed by atoms with van der Waals surface area (Å²) in [5, 5.41) is 0. The van der Waals surface area contributed by atoms with Gasteiger partial charge in [-0.05, 0) is 227 Å². The zero-order chi connectivity index (χ0) is 83.1. The van der Waals surface area contributed by atoms with Gasteiger partial charge in [-0.15, -0.1) is 0 Å². The highest BCUT2D eigenvalue weighted by Crippen LogP contribution is 2.37. The van der Waals surface area contributed by atoms with Crippen LogP contribution in [0.2, 0.25) is 0 Å². The van der Waals surface area contributed by atoms with Gasteiger partial charge in [0.15, 0.2) is 0 Å². The van der Waals surface area contributed by atoms with E-state index in [4.69, 9.17) is 18.9 Å². The van der Waals surface area contributed by atoms with Gasteiger partial charge >= 0.3 is 23.9 Å². The summed E-state index contributed by atoms with van der Waals surface area (Å²) in [5.41, 5.74) is 23.1. The van der Waals surface area contributed by atoms with Crippen molar-refractivity contribution in [2.24, 2.45) is 0 Å². The zero-order valence-electron chi connectivity index (χ0n) is 68.1. The molecule has 0 N–H and O–H groups in total. The lowest BCUT2D eigenvalue weighted by atomic mass is 9.93. The fourth-order valence-electron chi connectivity index (χ4n) is 12.2. The van der Waals surface area contributed by atoms with Gasteiger partial charge in [-0.3, -0.25) is 33.6 Å². The Morgan fingerprint density at radius 2 is 0.478 bits per heavy atom. The number of methoxy groups -OCH3 is 2. The molecule has 18 heteroatoms. The lowest BCUT2D eigenvalue weighted by Crippen LogP contribution is -2.25. The standard InChI is InChI=1S/C23H23NO.2C19H22N2O2.2C17H16O4/c1-16-9-5-7-11-22(16)19-13-20(23-12-8-6-10-17(23)2)15-21(14-19)24(4)18(3)25;1-13-8-6-7-9-17(13)14-10-15(18(22)20(2)3)12-16(11-14)19(23)21(4)5;1-13-8-6-7-9-19(13)16-10-17(20(4)14(2)22)12-18(11-16)21(5)15(3)23;1-11-6-4-5-7-15(11)12-8-13(16(18)20-2)10-14(9-12)17(19)21-3;1-11-6-4-5-7-17(11)14-8-15(20-12(2)18)10-16(9-14)21-13(3)19/h5-15H,1-4H3;2*6-12H,1-5H3;2*4-10H,1-3H3. The fraction of sp³-hybridized carbons (Fsp3) is 0.211. The molecule has 0 atom stereocenters. The average Bonchev–Trinajstić information content (AvgIpc) is 0.828. The molecule has 0 aliphatic heterocycles. The topological polar surface area (TPSA) is 207 Å². The molecule has 5 amide bonds. The molecule has 0 aliphatic carbocycles. The van der Waals surface area contributed by atoms with Gasteiger partial charge in [0.25, 0.3) is 11.8 Å². The van der Waals surface area contributed by atoms with Crippen LogP contribution in [0.4, 0.5) is 17.1 Å². The molecule has 113 heavy (non-hydrogen) atoms. The van der Waals surface area contributed by atoms with Crippen molar-refractivity contribution in [2.75, 3.05) is 78.3 Å². The van der Waals surface area contributed by atoms with Crippen LogP contribution in [0.25, 0.3) is 66.8 Å². The van der Waals surface area contributed by atoms with Crippen molar-refractivity contribution >= 4 is 70.5 Å². The second-order valence-electron chi connectivity index (χ2n) is 27.5. The van der Waals surface area contributed by atoms with Crippen molar-refractivity contribution in [3.63, 3.8) is 0 Å². The quantitative estimate of drug-likeness (QED) is 0.0692. The van der Waals surface area contributed by atoms with Crippen LogP contribution in [-0.4, -0.2) is 127 Å². The monoisotopic (exact) mass is 1520 g/mol. The molecule has 11 aromatic rings. The molecular formula is C95H99N5O13. The highest BCUT2D eigenvalue weighted by atomic mass is 16.5. The molecule has 0 aliphatic rings. The highest BCUT2D eigenvalue weighted by molar-refractivity contribution is 6.02. The molecule has 0 aromatic heterocycles. The van der Waals surface area contributed by atoms with Crippen LogP contribution >= 0.6 is 0 Å². The molecule has 11 rings (SSSR count). The van der Waals surface area contributed by atoms with E-state index in [0.29, 0.717) is 33.8 Å². The van der Waals surface area contributed by atoms with E-state index in [2.05, 4.69) is 68.4 Å². The van der Waals surface area contributed by atoms with Gasteiger partial charge in [-0.2, -0.15) is 0 Å². The number of carbonyl (C=O) groups excluding carboxylic acids is 9. The Bertz CT molecular complexity index is 5120. The summed E-state index contributed by atoms with van der Waals surface area (Å²) in [6.07, 6.45) is 0. The van der Waals surface area contributed by atoms with Crippen LogP contribution in [0.5, 0.6) is 11.5 Å². The summed E-state index contributed by atoms with van der Waals surface area (Å²) in [5.74, 6) is -1.45. The second kappa shape index (κ2) is 40.4. The largest absolute Gasteiger partial charge is 0.465 e. The summed E-state index contributed by atoms with van der Waals surface area (Å²) >= 11 is 0. The summed E-state index contributed by atoms with van der Waals surface area (Å²) in [4.78, 5) is 114. The van der Waals surface area contributed by atoms with Gasteiger partial charge in [0.2, 0.25) is 17.7 Å². The third kappa shape index (κ3) is 23.8. The normalized spacial score (nSPS) is 10.3. The molecule has 0 fully saturated rings. The van der Waals surface area contributed by atoms with Crippen LogP contribution in [-0.2, 0) is 33.4 Å². The Morgan fingerprint density at radius 1 is 0.257 bits per heavy atom. The maximum absolute atomic E-state index is 12.4. The molecule has 18 nitrogen and oxygen atoms in total. The van der Waals surface area contributed by atoms with E-state index in [1.54, 1.807) is 94.2 Å². The minimum atomic E-state index is -0.490. The van der Waals surface area contributed by atoms with Gasteiger partial charge < -0.3 is 43.4 Å². The van der Waals surface area contributed by atoms with Crippen molar-refractivity contribution in [3.05, 3.63) is 292 Å². The number of ether oxygens (including phenoxy) is 4. The van der Waals surface area contributed by atoms with Gasteiger partial charge in [0, 0.05) is 118 Å². The Balaban J connectivity index is 0.000000196. The Hall–Kier alpha value is -13.4. The van der Waals surface area contributed by atoms with E-state index in [1.165, 1.54) is 86.1 Å². The number of hydrogen-bond donors (Lipinski definition) is 0. The predicted octanol–water partition coefficient (Wildman–Crippen LogP) is 19.1. The first-order valence-corrected chi connectivity index (χ1v) is 36.4. The van der Waals surface area contributed by atoms with E-state index in [9.17, 15) is 43.2 Å². The van der Waals surface area contributed by atoms with Crippen LogP contribution in [0.15, 0.2) is 237 Å². The third-order valence-electron chi connectivity index (χ3n) is 18.6. The number of carbonyl (C=O) groups is 9. The molecule has 582 valence electrons. The molecule has 0 heterocycles. The van der Waals surface area contributed by atoms with E-state index in [1.807, 2.05) is 174 Å². The lowest BCUT2D eigenvalue weighted by Gasteiger charge is -2.22. The van der Waals surface area contributed by atoms with Gasteiger partial charge in [0.1, 0.15) is 11.5 Å². The minimum absolute atomic E-state index is 0.0256. The first-order valence-electron chi connectivity index (χ1n) is 36.4. The van der Waals surface area contributed by atoms with E-state index in [-0.39, 0.29) is 29.5 Å². The summed E-state index contributed by atoms with van der Waals surface area (Å²) in [6, 6.07) is 75.7. The number of benzene rings is 11. The lowest BCUT2D eigenvalue weighted by molar-refractivity contribution is -0.132. The smallest absolute Gasteiger partial charge is 0.337 e. The summed E-state index contributed by atoms with van der Waals surface area (Å²) < 4.78 is 19.7. The van der Waals surface area contributed by atoms with Crippen LogP contribution in [0, 0.1) is 41.5 Å². The van der Waals surface area contributed by atoms with E-state index in [0.717, 1.165) is 95.0 Å². The summed E-state index contributed by atoms with van der Waals surface area (Å²) in [7, 11) is 14.7. The van der Waals surface area contributed by atoms with Crippen LogP contribution in [0.1, 0.15) is 109 Å². The van der Waals surface area contributed by atoms with Crippen LogP contribution in [0.3, 0.4) is 0 Å². The second-order valence-corrected chi connectivity index (χ2v) is 27.5. The number of hydrogen-bond acceptors (Lipinski definition) is 13. The first-order chi connectivity index (χ1) is 53.6. The number of rotatable bonds is 15. The van der Waals surface area contributed by atoms with Crippen molar-refractivity contribution in [2.45, 2.75) is 76.2 Å². The fourth-order valence-corrected chi connectivity index (χ4v) is 12.2. The molecule has 11 aromatic carbocycles. The number of anilines is 3. The van der Waals surface area contributed by atoms with Gasteiger partial charge in [-0.1, -0.05) is 146 Å². The predicted molar refractivity (Wildman–Crippen MR) is 452 cm³/mol. The minimum Gasteiger partial charge on any atom is -0.465 e. The SMILES string of the molecule is CC(=O)N(C)c1cc(-c2ccccc2C)cc(-c2ccccc2C)c1.CC(=O)N(C)c1cc(-c2ccccc2C)cc(N(C)C(C)=O)c1.CC(=O)Oc1cc(OC(C)=O)cc(-c2ccccc2C)c1.COC(=O)c1cc(C(=O)OC)cc(-c2ccccc2C)c1.Cc1ccccc1-c1cc(C(=O)N(C)C)cc(C(=O)N(C)C)c1. The van der Waals surface area contributed by atoms with Crippen molar-refractivity contribution in [3.8, 4) is 78.3 Å². The van der Waals surface area contributed by atoms with Crippen LogP contribution < -0.4 is 24.2 Å². The summed E-state index contributed by atoms with van der Waals surface area (Å²) in [6.45, 7) is 19.5. The van der Waals surface area contributed by atoms with Gasteiger partial charge in [-0.25, -0.2) is 9.59 Å². The molecule has 0 unspecified atom stereocenters. The first kappa shape index (κ1) is 86.9. The number of amides is 5. The number of aryl methyl sites for hydroxylation is 6. The number of nitrogens with zero attached hydrogens (tertiary/aromatic N) is 5. The highest BCUT2D eigenvalue weighted by Gasteiger charge is 2.21. The molecule has 0 bridgehead atoms. The number of esters is 4. The Morgan fingerprint density at radius 3 is 0.717 bits per heavy atom. The molecule has 0 spiro atoms. The Labute approximate surface area is 663 Å². The molecular weight excluding hydrogens is 1420 g/mol. The average molecular weight is 1520 g/mol. The third-order valence-corrected chi connectivity index (χ3v) is 18.6. The molecule has 0 saturated heterocycles. The van der Waals surface area contributed by atoms with Crippen molar-refractivity contribution in [1.29, 1.82) is 0 Å².